The van der Waals surface area contributed by atoms with Crippen molar-refractivity contribution in [1.29, 1.82) is 0 Å². The Morgan fingerprint density at radius 2 is 1.94 bits per heavy atom. The van der Waals surface area contributed by atoms with Gasteiger partial charge in [0.25, 0.3) is 0 Å². The Hall–Kier alpha value is -1.38. The summed E-state index contributed by atoms with van der Waals surface area (Å²) < 4.78 is 39.2. The van der Waals surface area contributed by atoms with Crippen molar-refractivity contribution in [2.24, 2.45) is 5.18 Å². The molecule has 0 radical (unpaired) electrons. The number of benzene rings is 1. The Morgan fingerprint density at radius 3 is 2.56 bits per heavy atom. The van der Waals surface area contributed by atoms with Crippen LogP contribution in [0.15, 0.2) is 28.3 Å². The maximum atomic E-state index is 13.6. The third-order valence-electron chi connectivity index (χ3n) is 2.71. The highest BCUT2D eigenvalue weighted by Crippen LogP contribution is 2.24. The second kappa shape index (κ2) is 5.09. The molecule has 0 spiro atoms. The summed E-state index contributed by atoms with van der Waals surface area (Å²) in [6, 6.07) is 3.03. The van der Waals surface area contributed by atoms with Gasteiger partial charge in [0.1, 0.15) is 16.4 Å². The minimum atomic E-state index is -3.91. The van der Waals surface area contributed by atoms with Gasteiger partial charge in [0, 0.05) is 26.2 Å². The van der Waals surface area contributed by atoms with Crippen LogP contribution < -0.4 is 5.32 Å². The maximum absolute atomic E-state index is 13.6. The van der Waals surface area contributed by atoms with Crippen LogP contribution in [0.25, 0.3) is 0 Å². The number of nitroso groups, excluding NO2 is 1. The van der Waals surface area contributed by atoms with Crippen LogP contribution in [0, 0.1) is 10.7 Å². The number of hydrogen-bond donors (Lipinski definition) is 1. The molecule has 98 valence electrons. The number of hydrogen-bond acceptors (Lipinski definition) is 5. The molecular formula is C10H12FN3O3S. The van der Waals surface area contributed by atoms with Crippen molar-refractivity contribution >= 4 is 15.7 Å². The van der Waals surface area contributed by atoms with Crippen molar-refractivity contribution in [3.8, 4) is 0 Å². The van der Waals surface area contributed by atoms with Crippen LogP contribution in [0.3, 0.4) is 0 Å². The lowest BCUT2D eigenvalue weighted by atomic mass is 10.3. The smallest absolute Gasteiger partial charge is 0.246 e. The molecule has 1 fully saturated rings. The van der Waals surface area contributed by atoms with E-state index in [-0.39, 0.29) is 18.8 Å². The van der Waals surface area contributed by atoms with E-state index in [9.17, 15) is 17.7 Å². The van der Waals surface area contributed by atoms with Gasteiger partial charge in [-0.1, -0.05) is 0 Å². The molecule has 18 heavy (non-hydrogen) atoms. The standard InChI is InChI=1S/C10H12FN3O3S/c11-9-2-1-8(13-15)7-10(9)18(16,17)14-5-3-12-4-6-14/h1-2,7,12H,3-6H2. The van der Waals surface area contributed by atoms with Gasteiger partial charge in [-0.3, -0.25) is 0 Å². The van der Waals surface area contributed by atoms with E-state index < -0.39 is 20.7 Å². The van der Waals surface area contributed by atoms with Gasteiger partial charge in [-0.25, -0.2) is 12.8 Å². The minimum Gasteiger partial charge on any atom is -0.314 e. The van der Waals surface area contributed by atoms with Gasteiger partial charge in [0.2, 0.25) is 10.0 Å². The molecule has 1 saturated heterocycles. The van der Waals surface area contributed by atoms with Gasteiger partial charge >= 0.3 is 0 Å². The van der Waals surface area contributed by atoms with Crippen LogP contribution in [0.2, 0.25) is 0 Å². The van der Waals surface area contributed by atoms with E-state index in [0.717, 1.165) is 18.2 Å². The predicted octanol–water partition coefficient (Wildman–Crippen LogP) is 0.818. The largest absolute Gasteiger partial charge is 0.314 e. The Balaban J connectivity index is 2.42. The molecule has 0 amide bonds. The van der Waals surface area contributed by atoms with Crippen molar-refractivity contribution in [1.82, 2.24) is 9.62 Å². The molecule has 2 rings (SSSR count). The number of rotatable bonds is 3. The molecule has 1 N–H and O–H groups in total. The van der Waals surface area contributed by atoms with E-state index in [4.69, 9.17) is 0 Å². The summed E-state index contributed by atoms with van der Waals surface area (Å²) in [7, 11) is -3.91. The Kier molecular flexibility index (Phi) is 3.69. The first-order valence-corrected chi connectivity index (χ1v) is 6.83. The first-order valence-electron chi connectivity index (χ1n) is 5.39. The summed E-state index contributed by atoms with van der Waals surface area (Å²) >= 11 is 0. The summed E-state index contributed by atoms with van der Waals surface area (Å²) in [5.41, 5.74) is -0.106. The van der Waals surface area contributed by atoms with Gasteiger partial charge in [-0.15, -0.1) is 4.91 Å². The monoisotopic (exact) mass is 273 g/mol. The summed E-state index contributed by atoms with van der Waals surface area (Å²) in [4.78, 5) is 9.88. The zero-order chi connectivity index (χ0) is 13.2. The molecule has 0 unspecified atom stereocenters. The van der Waals surface area contributed by atoms with Gasteiger partial charge < -0.3 is 5.32 Å². The topological polar surface area (TPSA) is 78.8 Å². The summed E-state index contributed by atoms with van der Waals surface area (Å²) in [6.45, 7) is 1.60. The van der Waals surface area contributed by atoms with E-state index in [1.807, 2.05) is 0 Å². The molecule has 6 nitrogen and oxygen atoms in total. The third kappa shape index (κ3) is 2.40. The van der Waals surface area contributed by atoms with Crippen LogP contribution in [-0.4, -0.2) is 38.9 Å². The van der Waals surface area contributed by atoms with Crippen molar-refractivity contribution < 1.29 is 12.8 Å². The Bertz CT molecular complexity index is 555. The van der Waals surface area contributed by atoms with Crippen LogP contribution in [0.1, 0.15) is 0 Å². The number of nitrogens with one attached hydrogen (secondary N) is 1. The minimum absolute atomic E-state index is 0.106. The van der Waals surface area contributed by atoms with Crippen LogP contribution in [-0.2, 0) is 10.0 Å². The number of piperazine rings is 1. The van der Waals surface area contributed by atoms with Crippen molar-refractivity contribution in [2.75, 3.05) is 26.2 Å². The predicted molar refractivity (Wildman–Crippen MR) is 63.5 cm³/mol. The number of sulfonamides is 1. The molecule has 0 aliphatic carbocycles. The van der Waals surface area contributed by atoms with Gasteiger partial charge in [-0.05, 0) is 23.4 Å². The van der Waals surface area contributed by atoms with Gasteiger partial charge in [0.15, 0.2) is 0 Å². The lowest BCUT2D eigenvalue weighted by molar-refractivity contribution is 0.358. The normalized spacial score (nSPS) is 17.6. The van der Waals surface area contributed by atoms with E-state index in [1.165, 1.54) is 4.31 Å². The van der Waals surface area contributed by atoms with Gasteiger partial charge in [0.05, 0.1) is 0 Å². The Morgan fingerprint density at radius 1 is 1.28 bits per heavy atom. The average molecular weight is 273 g/mol. The quantitative estimate of drug-likeness (QED) is 0.827. The van der Waals surface area contributed by atoms with Gasteiger partial charge in [-0.2, -0.15) is 4.31 Å². The average Bonchev–Trinajstić information content (AvgIpc) is 2.40. The molecule has 1 aromatic carbocycles. The van der Waals surface area contributed by atoms with Crippen molar-refractivity contribution in [2.45, 2.75) is 4.90 Å². The third-order valence-corrected chi connectivity index (χ3v) is 4.63. The molecule has 0 atom stereocenters. The first-order chi connectivity index (χ1) is 8.55. The fourth-order valence-electron chi connectivity index (χ4n) is 1.77. The molecule has 1 aromatic rings. The molecule has 8 heteroatoms. The second-order valence-electron chi connectivity index (χ2n) is 3.86. The van der Waals surface area contributed by atoms with Crippen LogP contribution in [0.5, 0.6) is 0 Å². The molecule has 0 bridgehead atoms. The van der Waals surface area contributed by atoms with E-state index in [0.29, 0.717) is 13.1 Å². The zero-order valence-corrected chi connectivity index (χ0v) is 10.3. The maximum Gasteiger partial charge on any atom is 0.246 e. The molecule has 1 aliphatic rings. The summed E-state index contributed by atoms with van der Waals surface area (Å²) in [6.07, 6.45) is 0. The molecule has 0 saturated carbocycles. The molecule has 0 aromatic heterocycles. The fourth-order valence-corrected chi connectivity index (χ4v) is 3.30. The molecular weight excluding hydrogens is 261 g/mol. The number of nitrogens with zero attached hydrogens (tertiary/aromatic N) is 2. The highest BCUT2D eigenvalue weighted by atomic mass is 32.2. The molecule has 1 aliphatic heterocycles. The SMILES string of the molecule is O=Nc1ccc(F)c(S(=O)(=O)N2CCNCC2)c1. The number of halogens is 1. The second-order valence-corrected chi connectivity index (χ2v) is 5.77. The Labute approximate surface area is 104 Å². The van der Waals surface area contributed by atoms with E-state index >= 15 is 0 Å². The highest BCUT2D eigenvalue weighted by Gasteiger charge is 2.28. The van der Waals surface area contributed by atoms with Crippen LogP contribution in [0.4, 0.5) is 10.1 Å². The molecule has 1 heterocycles. The lowest BCUT2D eigenvalue weighted by Gasteiger charge is -2.26. The summed E-state index contributed by atoms with van der Waals surface area (Å²) in [5, 5.41) is 5.63. The summed E-state index contributed by atoms with van der Waals surface area (Å²) in [5.74, 6) is -0.874. The fraction of sp³-hybridized carbons (Fsp3) is 0.400. The van der Waals surface area contributed by atoms with E-state index in [1.54, 1.807) is 0 Å². The van der Waals surface area contributed by atoms with Crippen LogP contribution >= 0.6 is 0 Å². The van der Waals surface area contributed by atoms with E-state index in [2.05, 4.69) is 10.5 Å². The van der Waals surface area contributed by atoms with Crippen molar-refractivity contribution in [3.63, 3.8) is 0 Å². The highest BCUT2D eigenvalue weighted by molar-refractivity contribution is 7.89. The first kappa shape index (κ1) is 13.1. The zero-order valence-electron chi connectivity index (χ0n) is 9.47. The lowest BCUT2D eigenvalue weighted by Crippen LogP contribution is -2.46. The van der Waals surface area contributed by atoms with Crippen molar-refractivity contribution in [3.05, 3.63) is 28.9 Å².